The molecule has 1 aromatic carbocycles. The minimum atomic E-state index is -0.505. The number of carbonyl (C=O) groups is 1. The van der Waals surface area contributed by atoms with Crippen molar-refractivity contribution >= 4 is 35.2 Å². The zero-order valence-electron chi connectivity index (χ0n) is 13.8. The van der Waals surface area contributed by atoms with Gasteiger partial charge in [-0.25, -0.2) is 4.79 Å². The highest BCUT2D eigenvalue weighted by Crippen LogP contribution is 2.44. The second kappa shape index (κ2) is 6.60. The Balaban J connectivity index is 2.26. The number of fused-ring (bicyclic) bond motifs is 1. The van der Waals surface area contributed by atoms with Gasteiger partial charge in [0.2, 0.25) is 5.95 Å². The summed E-state index contributed by atoms with van der Waals surface area (Å²) in [6.45, 7) is 3.80. The molecule has 0 bridgehead atoms. The van der Waals surface area contributed by atoms with Gasteiger partial charge in [0.25, 0.3) is 0 Å². The summed E-state index contributed by atoms with van der Waals surface area (Å²) in [5.41, 5.74) is 14.2. The smallest absolute Gasteiger partial charge is 0.336 e. The number of rotatable bonds is 3. The van der Waals surface area contributed by atoms with Crippen molar-refractivity contribution in [2.24, 2.45) is 0 Å². The predicted octanol–water partition coefficient (Wildman–Crippen LogP) is 2.69. The van der Waals surface area contributed by atoms with Gasteiger partial charge in [-0.2, -0.15) is 9.97 Å². The number of hydrogen-bond acceptors (Lipinski definition) is 7. The maximum atomic E-state index is 12.6. The van der Waals surface area contributed by atoms with Gasteiger partial charge < -0.3 is 21.5 Å². The van der Waals surface area contributed by atoms with Gasteiger partial charge in [0.15, 0.2) is 0 Å². The van der Waals surface area contributed by atoms with Gasteiger partial charge in [0.05, 0.1) is 18.1 Å². The Morgan fingerprint density at radius 2 is 2.12 bits per heavy atom. The predicted molar refractivity (Wildman–Crippen MR) is 97.1 cm³/mol. The Labute approximate surface area is 150 Å². The van der Waals surface area contributed by atoms with Crippen molar-refractivity contribution < 1.29 is 9.53 Å². The van der Waals surface area contributed by atoms with E-state index in [1.807, 2.05) is 12.1 Å². The fourth-order valence-corrected chi connectivity index (χ4v) is 3.19. The number of nitrogens with two attached hydrogens (primary N) is 2. The number of nitrogens with one attached hydrogen (secondary N) is 1. The SMILES string of the molecule is CCOC(=O)C1=C(C)Nc2nc(N)nc(N)c2C1c1cccc(Cl)c1. The van der Waals surface area contributed by atoms with Crippen molar-refractivity contribution in [1.82, 2.24) is 9.97 Å². The van der Waals surface area contributed by atoms with Crippen LogP contribution in [0.1, 0.15) is 30.9 Å². The topological polar surface area (TPSA) is 116 Å². The van der Waals surface area contributed by atoms with Crippen LogP contribution in [-0.2, 0) is 9.53 Å². The molecule has 25 heavy (non-hydrogen) atoms. The van der Waals surface area contributed by atoms with E-state index < -0.39 is 11.9 Å². The van der Waals surface area contributed by atoms with E-state index in [1.165, 1.54) is 0 Å². The molecule has 2 aromatic rings. The first-order valence-corrected chi connectivity index (χ1v) is 8.13. The molecule has 1 aliphatic rings. The molecular formula is C17H18ClN5O2. The number of halogens is 1. The average Bonchev–Trinajstić information content (AvgIpc) is 2.53. The highest BCUT2D eigenvalue weighted by atomic mass is 35.5. The van der Waals surface area contributed by atoms with Crippen molar-refractivity contribution in [3.63, 3.8) is 0 Å². The highest BCUT2D eigenvalue weighted by molar-refractivity contribution is 6.30. The maximum Gasteiger partial charge on any atom is 0.336 e. The fraction of sp³-hybridized carbons (Fsp3) is 0.235. The lowest BCUT2D eigenvalue weighted by molar-refractivity contribution is -0.138. The lowest BCUT2D eigenvalue weighted by atomic mass is 9.82. The fourth-order valence-electron chi connectivity index (χ4n) is 2.99. The molecule has 1 unspecified atom stereocenters. The summed E-state index contributed by atoms with van der Waals surface area (Å²) >= 11 is 6.15. The molecule has 0 fully saturated rings. The minimum Gasteiger partial charge on any atom is -0.463 e. The summed E-state index contributed by atoms with van der Waals surface area (Å²) in [5.74, 6) is -0.204. The lowest BCUT2D eigenvalue weighted by Gasteiger charge is -2.30. The largest absolute Gasteiger partial charge is 0.463 e. The number of anilines is 3. The van der Waals surface area contributed by atoms with E-state index in [1.54, 1.807) is 26.0 Å². The van der Waals surface area contributed by atoms with Gasteiger partial charge in [-0.15, -0.1) is 0 Å². The molecule has 2 heterocycles. The molecule has 0 spiro atoms. The van der Waals surface area contributed by atoms with Crippen molar-refractivity contribution in [2.45, 2.75) is 19.8 Å². The second-order valence-corrected chi connectivity index (χ2v) is 6.04. The summed E-state index contributed by atoms with van der Waals surface area (Å²) in [5, 5.41) is 3.63. The number of benzene rings is 1. The van der Waals surface area contributed by atoms with Crippen LogP contribution in [0.5, 0.6) is 0 Å². The molecule has 1 aromatic heterocycles. The van der Waals surface area contributed by atoms with Crippen molar-refractivity contribution in [3.05, 3.63) is 51.7 Å². The molecule has 130 valence electrons. The maximum absolute atomic E-state index is 12.6. The number of esters is 1. The van der Waals surface area contributed by atoms with Crippen molar-refractivity contribution in [2.75, 3.05) is 23.4 Å². The number of carbonyl (C=O) groups excluding carboxylic acids is 1. The third-order valence-electron chi connectivity index (χ3n) is 3.96. The normalized spacial score (nSPS) is 16.2. The first kappa shape index (κ1) is 17.0. The molecule has 0 saturated heterocycles. The van der Waals surface area contributed by atoms with E-state index >= 15 is 0 Å². The Bertz CT molecular complexity index is 881. The number of aromatic nitrogens is 2. The number of nitrogen functional groups attached to an aromatic ring is 2. The van der Waals surface area contributed by atoms with Crippen LogP contribution in [-0.4, -0.2) is 22.5 Å². The van der Waals surface area contributed by atoms with E-state index in [0.717, 1.165) is 5.56 Å². The molecular weight excluding hydrogens is 342 g/mol. The molecule has 7 nitrogen and oxygen atoms in total. The van der Waals surface area contributed by atoms with Gasteiger partial charge in [0.1, 0.15) is 11.6 Å². The molecule has 1 aliphatic heterocycles. The van der Waals surface area contributed by atoms with Crippen LogP contribution in [0.15, 0.2) is 35.5 Å². The van der Waals surface area contributed by atoms with E-state index in [-0.39, 0.29) is 18.4 Å². The van der Waals surface area contributed by atoms with Gasteiger partial charge in [-0.3, -0.25) is 0 Å². The van der Waals surface area contributed by atoms with Crippen LogP contribution < -0.4 is 16.8 Å². The molecule has 0 aliphatic carbocycles. The number of hydrogen-bond donors (Lipinski definition) is 3. The Morgan fingerprint density at radius 3 is 2.80 bits per heavy atom. The van der Waals surface area contributed by atoms with Crippen LogP contribution in [0.25, 0.3) is 0 Å². The number of ether oxygens (including phenoxy) is 1. The Kier molecular flexibility index (Phi) is 4.50. The standard InChI is InChI=1S/C17H18ClN5O2/c1-3-25-16(24)11-8(2)21-15-13(14(19)22-17(20)23-15)12(11)9-5-4-6-10(18)7-9/h4-7,12H,3H2,1-2H3,(H5,19,20,21,22,23). The quantitative estimate of drug-likeness (QED) is 0.721. The van der Waals surface area contributed by atoms with Crippen LogP contribution in [0, 0.1) is 0 Å². The lowest BCUT2D eigenvalue weighted by Crippen LogP contribution is -2.26. The van der Waals surface area contributed by atoms with E-state index in [2.05, 4.69) is 15.3 Å². The summed E-state index contributed by atoms with van der Waals surface area (Å²) in [6.07, 6.45) is 0. The molecule has 0 radical (unpaired) electrons. The van der Waals surface area contributed by atoms with Gasteiger partial charge >= 0.3 is 5.97 Å². The number of allylic oxidation sites excluding steroid dienone is 1. The van der Waals surface area contributed by atoms with Gasteiger partial charge in [0, 0.05) is 16.3 Å². The third-order valence-corrected chi connectivity index (χ3v) is 4.19. The van der Waals surface area contributed by atoms with Crippen LogP contribution in [0.3, 0.4) is 0 Å². The molecule has 0 amide bonds. The molecule has 1 atom stereocenters. The Morgan fingerprint density at radius 1 is 1.36 bits per heavy atom. The molecule has 5 N–H and O–H groups in total. The van der Waals surface area contributed by atoms with E-state index in [0.29, 0.717) is 27.7 Å². The zero-order valence-corrected chi connectivity index (χ0v) is 14.6. The summed E-state index contributed by atoms with van der Waals surface area (Å²) < 4.78 is 5.24. The van der Waals surface area contributed by atoms with Crippen LogP contribution in [0.4, 0.5) is 17.6 Å². The van der Waals surface area contributed by atoms with Crippen molar-refractivity contribution in [1.29, 1.82) is 0 Å². The third kappa shape index (κ3) is 3.10. The zero-order chi connectivity index (χ0) is 18.1. The first-order valence-electron chi connectivity index (χ1n) is 7.75. The highest BCUT2D eigenvalue weighted by Gasteiger charge is 2.36. The van der Waals surface area contributed by atoms with E-state index in [9.17, 15) is 4.79 Å². The van der Waals surface area contributed by atoms with E-state index in [4.69, 9.17) is 27.8 Å². The minimum absolute atomic E-state index is 0.0565. The Hall–Kier alpha value is -2.80. The first-order chi connectivity index (χ1) is 11.9. The monoisotopic (exact) mass is 359 g/mol. The van der Waals surface area contributed by atoms with Gasteiger partial charge in [-0.1, -0.05) is 23.7 Å². The summed E-state index contributed by atoms with van der Waals surface area (Å²) in [6, 6.07) is 7.22. The van der Waals surface area contributed by atoms with Crippen LogP contribution in [0.2, 0.25) is 5.02 Å². The number of nitrogens with zero attached hydrogens (tertiary/aromatic N) is 2. The molecule has 3 rings (SSSR count). The second-order valence-electron chi connectivity index (χ2n) is 5.60. The molecule has 8 heteroatoms. The molecule has 0 saturated carbocycles. The van der Waals surface area contributed by atoms with Gasteiger partial charge in [-0.05, 0) is 31.5 Å². The summed E-state index contributed by atoms with van der Waals surface area (Å²) in [7, 11) is 0. The average molecular weight is 360 g/mol. The van der Waals surface area contributed by atoms with Crippen molar-refractivity contribution in [3.8, 4) is 0 Å². The van der Waals surface area contributed by atoms with Crippen LogP contribution >= 0.6 is 11.6 Å². The summed E-state index contributed by atoms with van der Waals surface area (Å²) in [4.78, 5) is 20.9.